The molecule has 0 saturated heterocycles. The zero-order valence-corrected chi connectivity index (χ0v) is 10.2. The minimum Gasteiger partial charge on any atom is -0.504 e. The van der Waals surface area contributed by atoms with Gasteiger partial charge in [-0.2, -0.15) is 5.10 Å². The molecule has 72 valence electrons. The first kappa shape index (κ1) is 9.73. The number of halogens is 2. The van der Waals surface area contributed by atoms with Crippen molar-refractivity contribution in [2.75, 3.05) is 0 Å². The van der Waals surface area contributed by atoms with Crippen LogP contribution in [-0.2, 0) is 0 Å². The van der Waals surface area contributed by atoms with Gasteiger partial charge in [0.15, 0.2) is 10.4 Å². The lowest BCUT2D eigenvalue weighted by Crippen LogP contribution is -1.95. The van der Waals surface area contributed by atoms with Gasteiger partial charge in [0.2, 0.25) is 0 Å². The van der Waals surface area contributed by atoms with Crippen LogP contribution in [0.2, 0.25) is 0 Å². The Bertz CT molecular complexity index is 468. The molecule has 1 aromatic heterocycles. The van der Waals surface area contributed by atoms with Crippen LogP contribution in [0.3, 0.4) is 0 Å². The molecule has 0 spiro atoms. The summed E-state index contributed by atoms with van der Waals surface area (Å²) in [6, 6.07) is 7.66. The van der Waals surface area contributed by atoms with Crippen molar-refractivity contribution in [1.82, 2.24) is 9.78 Å². The lowest BCUT2D eigenvalue weighted by atomic mass is 10.3. The molecule has 14 heavy (non-hydrogen) atoms. The monoisotopic (exact) mass is 316 g/mol. The molecule has 0 amide bonds. The number of nitrogens with zero attached hydrogens (tertiary/aromatic N) is 2. The van der Waals surface area contributed by atoms with E-state index < -0.39 is 0 Å². The largest absolute Gasteiger partial charge is 0.504 e. The fourth-order valence-corrected chi connectivity index (χ4v) is 1.90. The standard InChI is InChI=1S/C9H6Br2N2O/c10-6-2-1-3-7(4-6)13-9(11)8(14)5-12-13/h1-5,14H. The van der Waals surface area contributed by atoms with Crippen LogP contribution in [0.5, 0.6) is 5.75 Å². The predicted octanol–water partition coefficient (Wildman–Crippen LogP) is 3.10. The number of benzene rings is 1. The molecule has 0 unspecified atom stereocenters. The molecule has 2 aromatic rings. The van der Waals surface area contributed by atoms with E-state index >= 15 is 0 Å². The van der Waals surface area contributed by atoms with E-state index in [4.69, 9.17) is 0 Å². The molecule has 0 aliphatic carbocycles. The van der Waals surface area contributed by atoms with Crippen molar-refractivity contribution in [2.45, 2.75) is 0 Å². The van der Waals surface area contributed by atoms with Gasteiger partial charge in [0.05, 0.1) is 11.9 Å². The van der Waals surface area contributed by atoms with E-state index in [2.05, 4.69) is 37.0 Å². The molecular weight excluding hydrogens is 312 g/mol. The molecule has 0 aliphatic heterocycles. The summed E-state index contributed by atoms with van der Waals surface area (Å²) in [5.74, 6) is 0.130. The smallest absolute Gasteiger partial charge is 0.168 e. The molecule has 0 atom stereocenters. The molecule has 1 aromatic carbocycles. The third kappa shape index (κ3) is 1.69. The molecule has 2 rings (SSSR count). The average Bonchev–Trinajstić information content (AvgIpc) is 2.48. The Morgan fingerprint density at radius 1 is 1.29 bits per heavy atom. The first-order chi connectivity index (χ1) is 6.68. The van der Waals surface area contributed by atoms with Gasteiger partial charge in [0, 0.05) is 4.47 Å². The van der Waals surface area contributed by atoms with Crippen LogP contribution in [0.15, 0.2) is 39.5 Å². The Morgan fingerprint density at radius 2 is 2.07 bits per heavy atom. The van der Waals surface area contributed by atoms with E-state index in [0.29, 0.717) is 4.60 Å². The van der Waals surface area contributed by atoms with Crippen molar-refractivity contribution in [2.24, 2.45) is 0 Å². The van der Waals surface area contributed by atoms with Crippen molar-refractivity contribution in [1.29, 1.82) is 0 Å². The molecule has 1 N–H and O–H groups in total. The Kier molecular flexibility index (Phi) is 2.60. The molecule has 0 bridgehead atoms. The third-order valence-corrected chi connectivity index (χ3v) is 2.98. The highest BCUT2D eigenvalue weighted by molar-refractivity contribution is 9.10. The van der Waals surface area contributed by atoms with Crippen molar-refractivity contribution in [3.63, 3.8) is 0 Å². The first-order valence-corrected chi connectivity index (χ1v) is 5.45. The topological polar surface area (TPSA) is 38.1 Å². The second-order valence-corrected chi connectivity index (χ2v) is 4.38. The zero-order valence-electron chi connectivity index (χ0n) is 6.98. The van der Waals surface area contributed by atoms with E-state index in [0.717, 1.165) is 10.2 Å². The van der Waals surface area contributed by atoms with Gasteiger partial charge < -0.3 is 5.11 Å². The van der Waals surface area contributed by atoms with Crippen molar-refractivity contribution >= 4 is 31.9 Å². The second-order valence-electron chi connectivity index (χ2n) is 2.71. The van der Waals surface area contributed by atoms with Gasteiger partial charge in [-0.25, -0.2) is 4.68 Å². The summed E-state index contributed by atoms with van der Waals surface area (Å²) >= 11 is 6.62. The molecule has 0 saturated carbocycles. The maximum atomic E-state index is 9.33. The minimum atomic E-state index is 0.130. The highest BCUT2D eigenvalue weighted by Gasteiger charge is 2.07. The van der Waals surface area contributed by atoms with Gasteiger partial charge >= 0.3 is 0 Å². The van der Waals surface area contributed by atoms with Crippen molar-refractivity contribution in [3.8, 4) is 11.4 Å². The zero-order chi connectivity index (χ0) is 10.1. The molecule has 0 radical (unpaired) electrons. The quantitative estimate of drug-likeness (QED) is 0.877. The number of rotatable bonds is 1. The maximum absolute atomic E-state index is 9.33. The highest BCUT2D eigenvalue weighted by atomic mass is 79.9. The minimum absolute atomic E-state index is 0.130. The molecule has 1 heterocycles. The normalized spacial score (nSPS) is 10.4. The Morgan fingerprint density at radius 3 is 2.64 bits per heavy atom. The number of aromatic hydroxyl groups is 1. The van der Waals surface area contributed by atoms with Crippen molar-refractivity contribution in [3.05, 3.63) is 39.5 Å². The number of aromatic nitrogens is 2. The van der Waals surface area contributed by atoms with Gasteiger partial charge in [0.25, 0.3) is 0 Å². The van der Waals surface area contributed by atoms with E-state index in [1.54, 1.807) is 4.68 Å². The fourth-order valence-electron chi connectivity index (χ4n) is 1.11. The average molecular weight is 318 g/mol. The molecule has 3 nitrogen and oxygen atoms in total. The van der Waals surface area contributed by atoms with Crippen LogP contribution in [0, 0.1) is 0 Å². The molecular formula is C9H6Br2N2O. The van der Waals surface area contributed by atoms with Gasteiger partial charge in [-0.15, -0.1) is 0 Å². The van der Waals surface area contributed by atoms with Crippen molar-refractivity contribution < 1.29 is 5.11 Å². The summed E-state index contributed by atoms with van der Waals surface area (Å²) in [4.78, 5) is 0. The summed E-state index contributed by atoms with van der Waals surface area (Å²) in [5.41, 5.74) is 0.881. The van der Waals surface area contributed by atoms with Crippen LogP contribution in [0.25, 0.3) is 5.69 Å². The maximum Gasteiger partial charge on any atom is 0.168 e. The Hall–Kier alpha value is -0.810. The van der Waals surface area contributed by atoms with Crippen LogP contribution in [0.4, 0.5) is 0 Å². The Labute approximate surface area is 97.6 Å². The van der Waals surface area contributed by atoms with Gasteiger partial charge in [-0.3, -0.25) is 0 Å². The van der Waals surface area contributed by atoms with E-state index in [1.807, 2.05) is 24.3 Å². The summed E-state index contributed by atoms with van der Waals surface area (Å²) in [7, 11) is 0. The third-order valence-electron chi connectivity index (χ3n) is 1.75. The SMILES string of the molecule is Oc1cnn(-c2cccc(Br)c2)c1Br. The number of hydrogen-bond acceptors (Lipinski definition) is 2. The first-order valence-electron chi connectivity index (χ1n) is 3.87. The summed E-state index contributed by atoms with van der Waals surface area (Å²) in [5, 5.41) is 13.4. The molecule has 5 heteroatoms. The van der Waals surface area contributed by atoms with Gasteiger partial charge in [-0.1, -0.05) is 22.0 Å². The van der Waals surface area contributed by atoms with E-state index in [9.17, 15) is 5.11 Å². The summed E-state index contributed by atoms with van der Waals surface area (Å²) in [6.45, 7) is 0. The molecule has 0 fully saturated rings. The summed E-state index contributed by atoms with van der Waals surface area (Å²) < 4.78 is 3.13. The lowest BCUT2D eigenvalue weighted by Gasteiger charge is -2.02. The van der Waals surface area contributed by atoms with E-state index in [1.165, 1.54) is 6.20 Å². The Balaban J connectivity index is 2.55. The summed E-state index contributed by atoms with van der Waals surface area (Å²) in [6.07, 6.45) is 1.39. The van der Waals surface area contributed by atoms with E-state index in [-0.39, 0.29) is 5.75 Å². The second kappa shape index (κ2) is 3.74. The van der Waals surface area contributed by atoms with Crippen LogP contribution < -0.4 is 0 Å². The van der Waals surface area contributed by atoms with Gasteiger partial charge in [0.1, 0.15) is 0 Å². The van der Waals surface area contributed by atoms with Crippen LogP contribution in [-0.4, -0.2) is 14.9 Å². The van der Waals surface area contributed by atoms with Crippen LogP contribution in [0.1, 0.15) is 0 Å². The number of hydrogen-bond donors (Lipinski definition) is 1. The highest BCUT2D eigenvalue weighted by Crippen LogP contribution is 2.26. The van der Waals surface area contributed by atoms with Gasteiger partial charge in [-0.05, 0) is 34.1 Å². The fraction of sp³-hybridized carbons (Fsp3) is 0. The predicted molar refractivity (Wildman–Crippen MR) is 60.6 cm³/mol. The molecule has 0 aliphatic rings. The lowest BCUT2D eigenvalue weighted by molar-refractivity contribution is 0.471. The van der Waals surface area contributed by atoms with Crippen LogP contribution >= 0.6 is 31.9 Å².